The van der Waals surface area contributed by atoms with Crippen LogP contribution in [0.1, 0.15) is 49.9 Å². The first-order chi connectivity index (χ1) is 12.5. The van der Waals surface area contributed by atoms with E-state index in [1.165, 1.54) is 25.3 Å². The van der Waals surface area contributed by atoms with E-state index in [4.69, 9.17) is 14.2 Å². The third kappa shape index (κ3) is 7.42. The smallest absolute Gasteiger partial charge is 0.465 e. The van der Waals surface area contributed by atoms with Gasteiger partial charge in [0.2, 0.25) is 0 Å². The van der Waals surface area contributed by atoms with Crippen molar-refractivity contribution >= 4 is 23.9 Å². The van der Waals surface area contributed by atoms with Gasteiger partial charge in [-0.15, -0.1) is 0 Å². The molecule has 0 heterocycles. The zero-order chi connectivity index (χ0) is 19.4. The van der Waals surface area contributed by atoms with Gasteiger partial charge in [-0.25, -0.2) is 14.4 Å². The first-order valence-corrected chi connectivity index (χ1v) is 8.52. The fraction of sp³-hybridized carbons (Fsp3) is 0.500. The summed E-state index contributed by atoms with van der Waals surface area (Å²) in [5.74, 6) is -0.559. The summed E-state index contributed by atoms with van der Waals surface area (Å²) >= 11 is 0. The normalized spacial score (nSPS) is 9.96. The molecular formula is C18H25NO7. The molecule has 1 aromatic rings. The van der Waals surface area contributed by atoms with E-state index in [0.717, 1.165) is 19.3 Å². The largest absolute Gasteiger partial charge is 0.513 e. The molecule has 1 amide bonds. The average molecular weight is 367 g/mol. The van der Waals surface area contributed by atoms with E-state index < -0.39 is 18.2 Å². The van der Waals surface area contributed by atoms with Crippen molar-refractivity contribution in [2.24, 2.45) is 0 Å². The second kappa shape index (κ2) is 11.7. The van der Waals surface area contributed by atoms with Crippen LogP contribution in [0.2, 0.25) is 0 Å². The van der Waals surface area contributed by atoms with E-state index in [9.17, 15) is 14.4 Å². The minimum absolute atomic E-state index is 0.0339. The van der Waals surface area contributed by atoms with E-state index in [1.54, 1.807) is 0 Å². The Morgan fingerprint density at radius 3 is 2.27 bits per heavy atom. The van der Waals surface area contributed by atoms with Crippen molar-refractivity contribution in [2.75, 3.05) is 25.6 Å². The average Bonchev–Trinajstić information content (AvgIpc) is 2.63. The highest BCUT2D eigenvalue weighted by Crippen LogP contribution is 2.27. The summed E-state index contributed by atoms with van der Waals surface area (Å²) in [6.07, 6.45) is 1.57. The Morgan fingerprint density at radius 2 is 1.65 bits per heavy atom. The van der Waals surface area contributed by atoms with Crippen molar-refractivity contribution in [3.8, 4) is 5.75 Å². The fourth-order valence-electron chi connectivity index (χ4n) is 1.84. The Hall–Kier alpha value is -2.77. The SMILES string of the molecule is CCCCOC(=O)Nc1cc(C(=O)OC)ccc1OC(=O)OCCCC. The Balaban J connectivity index is 2.88. The molecule has 0 aliphatic rings. The summed E-state index contributed by atoms with van der Waals surface area (Å²) in [4.78, 5) is 35.3. The van der Waals surface area contributed by atoms with Crippen molar-refractivity contribution in [3.63, 3.8) is 0 Å². The van der Waals surface area contributed by atoms with Crippen LogP contribution in [-0.4, -0.2) is 38.5 Å². The van der Waals surface area contributed by atoms with Crippen LogP contribution in [-0.2, 0) is 14.2 Å². The van der Waals surface area contributed by atoms with Crippen LogP contribution in [0.3, 0.4) is 0 Å². The van der Waals surface area contributed by atoms with E-state index >= 15 is 0 Å². The van der Waals surface area contributed by atoms with Gasteiger partial charge in [-0.05, 0) is 31.0 Å². The number of ether oxygens (including phenoxy) is 4. The summed E-state index contributed by atoms with van der Waals surface area (Å²) in [5, 5.41) is 2.46. The van der Waals surface area contributed by atoms with Gasteiger partial charge in [0.05, 0.1) is 31.6 Å². The minimum Gasteiger partial charge on any atom is -0.465 e. The maximum Gasteiger partial charge on any atom is 0.513 e. The van der Waals surface area contributed by atoms with Gasteiger partial charge in [-0.2, -0.15) is 0 Å². The maximum absolute atomic E-state index is 11.9. The molecule has 0 unspecified atom stereocenters. The molecule has 8 heteroatoms. The van der Waals surface area contributed by atoms with Crippen molar-refractivity contribution in [1.82, 2.24) is 0 Å². The lowest BCUT2D eigenvalue weighted by atomic mass is 10.2. The molecule has 0 aliphatic carbocycles. The number of benzene rings is 1. The molecule has 0 bridgehead atoms. The van der Waals surface area contributed by atoms with Crippen LogP contribution in [0.5, 0.6) is 5.75 Å². The second-order valence-corrected chi connectivity index (χ2v) is 5.37. The van der Waals surface area contributed by atoms with Crippen LogP contribution in [0.25, 0.3) is 0 Å². The molecule has 26 heavy (non-hydrogen) atoms. The highest BCUT2D eigenvalue weighted by molar-refractivity contribution is 5.94. The third-order valence-electron chi connectivity index (χ3n) is 3.28. The Morgan fingerprint density at radius 1 is 1.00 bits per heavy atom. The van der Waals surface area contributed by atoms with Gasteiger partial charge in [-0.3, -0.25) is 5.32 Å². The Kier molecular flexibility index (Phi) is 9.59. The lowest BCUT2D eigenvalue weighted by molar-refractivity contribution is 0.0600. The van der Waals surface area contributed by atoms with Crippen molar-refractivity contribution in [1.29, 1.82) is 0 Å². The molecule has 1 rings (SSSR count). The molecule has 0 aromatic heterocycles. The molecule has 8 nitrogen and oxygen atoms in total. The zero-order valence-corrected chi connectivity index (χ0v) is 15.3. The summed E-state index contributed by atoms with van der Waals surface area (Å²) in [6, 6.07) is 4.12. The first-order valence-electron chi connectivity index (χ1n) is 8.52. The first kappa shape index (κ1) is 21.3. The molecule has 1 N–H and O–H groups in total. The molecule has 0 atom stereocenters. The van der Waals surface area contributed by atoms with Gasteiger partial charge >= 0.3 is 18.2 Å². The van der Waals surface area contributed by atoms with Crippen LogP contribution in [0.15, 0.2) is 18.2 Å². The monoisotopic (exact) mass is 367 g/mol. The van der Waals surface area contributed by atoms with Gasteiger partial charge in [0.15, 0.2) is 5.75 Å². The highest BCUT2D eigenvalue weighted by atomic mass is 16.7. The van der Waals surface area contributed by atoms with Gasteiger partial charge in [-0.1, -0.05) is 26.7 Å². The van der Waals surface area contributed by atoms with Crippen molar-refractivity contribution in [3.05, 3.63) is 23.8 Å². The number of rotatable bonds is 9. The maximum atomic E-state index is 11.9. The number of esters is 1. The van der Waals surface area contributed by atoms with Crippen molar-refractivity contribution < 1.29 is 33.3 Å². The lowest BCUT2D eigenvalue weighted by Gasteiger charge is -2.13. The summed E-state index contributed by atoms with van der Waals surface area (Å²) in [6.45, 7) is 4.43. The molecule has 0 fully saturated rings. The van der Waals surface area contributed by atoms with Gasteiger partial charge in [0.1, 0.15) is 0 Å². The van der Waals surface area contributed by atoms with E-state index in [1.807, 2.05) is 13.8 Å². The number of unbranched alkanes of at least 4 members (excludes halogenated alkanes) is 2. The third-order valence-corrected chi connectivity index (χ3v) is 3.28. The molecule has 0 saturated carbocycles. The summed E-state index contributed by atoms with van der Waals surface area (Å²) < 4.78 is 19.7. The lowest BCUT2D eigenvalue weighted by Crippen LogP contribution is -2.17. The molecule has 0 radical (unpaired) electrons. The van der Waals surface area contributed by atoms with E-state index in [0.29, 0.717) is 6.42 Å². The highest BCUT2D eigenvalue weighted by Gasteiger charge is 2.16. The van der Waals surface area contributed by atoms with Gasteiger partial charge < -0.3 is 18.9 Å². The topological polar surface area (TPSA) is 100 Å². The number of methoxy groups -OCH3 is 1. The van der Waals surface area contributed by atoms with Gasteiger partial charge in [0.25, 0.3) is 0 Å². The summed E-state index contributed by atoms with van der Waals surface area (Å²) in [5.41, 5.74) is 0.282. The number of carbonyl (C=O) groups excluding carboxylic acids is 3. The molecule has 0 aliphatic heterocycles. The van der Waals surface area contributed by atoms with E-state index in [2.05, 4.69) is 10.1 Å². The van der Waals surface area contributed by atoms with Crippen molar-refractivity contribution in [2.45, 2.75) is 39.5 Å². The Labute approximate surface area is 152 Å². The molecular weight excluding hydrogens is 342 g/mol. The number of carbonyl (C=O) groups is 3. The summed E-state index contributed by atoms with van der Waals surface area (Å²) in [7, 11) is 1.24. The van der Waals surface area contributed by atoms with Crippen LogP contribution < -0.4 is 10.1 Å². The molecule has 1 aromatic carbocycles. The minimum atomic E-state index is -0.897. The molecule has 0 spiro atoms. The number of nitrogens with one attached hydrogen (secondary N) is 1. The Bertz CT molecular complexity index is 616. The molecule has 0 saturated heterocycles. The molecule has 144 valence electrons. The number of amides is 1. The number of hydrogen-bond acceptors (Lipinski definition) is 7. The number of anilines is 1. The van der Waals surface area contributed by atoms with Crippen LogP contribution in [0.4, 0.5) is 15.3 Å². The van der Waals surface area contributed by atoms with Crippen LogP contribution >= 0.6 is 0 Å². The van der Waals surface area contributed by atoms with Gasteiger partial charge in [0, 0.05) is 0 Å². The zero-order valence-electron chi connectivity index (χ0n) is 15.3. The fourth-order valence-corrected chi connectivity index (χ4v) is 1.84. The number of hydrogen-bond donors (Lipinski definition) is 1. The standard InChI is InChI=1S/C18H25NO7/c1-4-6-10-24-17(21)19-14-12-13(16(20)23-3)8-9-15(14)26-18(22)25-11-7-5-2/h8-9,12H,4-7,10-11H2,1-3H3,(H,19,21). The predicted molar refractivity (Wildman–Crippen MR) is 94.5 cm³/mol. The quantitative estimate of drug-likeness (QED) is 0.303. The van der Waals surface area contributed by atoms with E-state index in [-0.39, 0.29) is 30.2 Å². The van der Waals surface area contributed by atoms with Crippen LogP contribution in [0, 0.1) is 0 Å². The second-order valence-electron chi connectivity index (χ2n) is 5.37. The predicted octanol–water partition coefficient (Wildman–Crippen LogP) is 4.14.